The summed E-state index contributed by atoms with van der Waals surface area (Å²) >= 11 is 0. The van der Waals surface area contributed by atoms with Gasteiger partial charge in [-0.05, 0) is 30.2 Å². The largest absolute Gasteiger partial charge is 0.546 e. The normalized spacial score (nSPS) is 12.0. The minimum atomic E-state index is -1.35. The fraction of sp³-hybridized carbons (Fsp3) is 0.111. The molecule has 0 fully saturated rings. The number of carbonyl (C=O) groups excluding carboxylic acids is 1. The molecule has 2 aromatic carbocycles. The van der Waals surface area contributed by atoms with Gasteiger partial charge in [-0.1, -0.05) is 30.3 Å². The van der Waals surface area contributed by atoms with Gasteiger partial charge in [0.05, 0.1) is 5.97 Å². The Morgan fingerprint density at radius 1 is 1.13 bits per heavy atom. The predicted molar refractivity (Wildman–Crippen MR) is 82.0 cm³/mol. The van der Waals surface area contributed by atoms with Gasteiger partial charge in [0.2, 0.25) is 0 Å². The maximum absolute atomic E-state index is 11.5. The highest BCUT2D eigenvalue weighted by Crippen LogP contribution is 2.26. The molecule has 0 aliphatic carbocycles. The quantitative estimate of drug-likeness (QED) is 0.688. The number of fused-ring (bicyclic) bond motifs is 1. The second kappa shape index (κ2) is 5.96. The van der Waals surface area contributed by atoms with Crippen LogP contribution in [0.15, 0.2) is 63.8 Å². The second-order valence-corrected chi connectivity index (χ2v) is 5.13. The number of aliphatic carboxylic acids is 1. The molecule has 0 saturated carbocycles. The zero-order valence-electron chi connectivity index (χ0n) is 12.3. The lowest BCUT2D eigenvalue weighted by molar-refractivity contribution is -0.314. The van der Waals surface area contributed by atoms with E-state index in [1.165, 1.54) is 12.1 Å². The number of hydrogen-bond donors (Lipinski definition) is 0. The van der Waals surface area contributed by atoms with Crippen LogP contribution >= 0.6 is 0 Å². The SMILES string of the molecule is Cc1cc(=O)oc2cc(O[C@H](C(=O)[O-])c3ccccc3)ccc12. The first-order valence-electron chi connectivity index (χ1n) is 7.01. The molecule has 1 atom stereocenters. The lowest BCUT2D eigenvalue weighted by Crippen LogP contribution is -2.33. The monoisotopic (exact) mass is 309 g/mol. The number of rotatable bonds is 4. The number of carboxylic acid groups (broad SMARTS) is 1. The summed E-state index contributed by atoms with van der Waals surface area (Å²) in [4.78, 5) is 22.8. The van der Waals surface area contributed by atoms with E-state index in [-0.39, 0.29) is 5.75 Å². The Morgan fingerprint density at radius 2 is 1.87 bits per heavy atom. The van der Waals surface area contributed by atoms with Crippen molar-refractivity contribution < 1.29 is 19.1 Å². The molecule has 0 radical (unpaired) electrons. The molecular formula is C18H13O5-. The van der Waals surface area contributed by atoms with Crippen LogP contribution in [0.4, 0.5) is 0 Å². The Kier molecular flexibility index (Phi) is 3.85. The molecule has 23 heavy (non-hydrogen) atoms. The van der Waals surface area contributed by atoms with Gasteiger partial charge in [-0.3, -0.25) is 0 Å². The zero-order chi connectivity index (χ0) is 16.4. The molecule has 116 valence electrons. The molecule has 5 heteroatoms. The standard InChI is InChI=1S/C18H14O5/c1-11-9-16(19)23-15-10-13(7-8-14(11)15)22-17(18(20)21)12-5-3-2-4-6-12/h2-10,17H,1H3,(H,20,21)/p-1/t17-/m0/s1. The third-order valence-corrected chi connectivity index (χ3v) is 3.49. The molecule has 5 nitrogen and oxygen atoms in total. The summed E-state index contributed by atoms with van der Waals surface area (Å²) in [5.74, 6) is -1.06. The number of benzene rings is 2. The van der Waals surface area contributed by atoms with Crippen LogP contribution in [-0.4, -0.2) is 5.97 Å². The molecule has 0 unspecified atom stereocenters. The third kappa shape index (κ3) is 3.08. The van der Waals surface area contributed by atoms with Crippen LogP contribution in [0.5, 0.6) is 5.75 Å². The topological polar surface area (TPSA) is 79.6 Å². The number of aryl methyl sites for hydroxylation is 1. The fourth-order valence-electron chi connectivity index (χ4n) is 2.39. The van der Waals surface area contributed by atoms with Crippen molar-refractivity contribution in [3.05, 3.63) is 76.1 Å². The Hall–Kier alpha value is -3.08. The second-order valence-electron chi connectivity index (χ2n) is 5.13. The van der Waals surface area contributed by atoms with Gasteiger partial charge >= 0.3 is 5.63 Å². The molecule has 0 aliphatic rings. The predicted octanol–water partition coefficient (Wildman–Crippen LogP) is 1.97. The summed E-state index contributed by atoms with van der Waals surface area (Å²) in [6.07, 6.45) is -1.25. The van der Waals surface area contributed by atoms with Crippen LogP contribution in [0.2, 0.25) is 0 Å². The molecule has 3 rings (SSSR count). The van der Waals surface area contributed by atoms with E-state index in [2.05, 4.69) is 0 Å². The average molecular weight is 309 g/mol. The van der Waals surface area contributed by atoms with Crippen molar-refractivity contribution in [2.75, 3.05) is 0 Å². The average Bonchev–Trinajstić information content (AvgIpc) is 2.52. The minimum absolute atomic E-state index is 0.282. The Balaban J connectivity index is 1.99. The molecule has 0 N–H and O–H groups in total. The van der Waals surface area contributed by atoms with Gasteiger partial charge in [-0.15, -0.1) is 0 Å². The zero-order valence-corrected chi connectivity index (χ0v) is 12.3. The number of carbonyl (C=O) groups is 1. The van der Waals surface area contributed by atoms with Gasteiger partial charge < -0.3 is 19.1 Å². The number of carboxylic acids is 1. The summed E-state index contributed by atoms with van der Waals surface area (Å²) in [6, 6.07) is 14.8. The number of ether oxygens (including phenoxy) is 1. The Morgan fingerprint density at radius 3 is 2.57 bits per heavy atom. The maximum Gasteiger partial charge on any atom is 0.336 e. The molecule has 0 amide bonds. The lowest BCUT2D eigenvalue weighted by atomic mass is 10.1. The van der Waals surface area contributed by atoms with Crippen molar-refractivity contribution in [3.8, 4) is 5.75 Å². The summed E-state index contributed by atoms with van der Waals surface area (Å²) in [5, 5.41) is 12.1. The van der Waals surface area contributed by atoms with Crippen LogP contribution in [0.3, 0.4) is 0 Å². The highest BCUT2D eigenvalue weighted by Gasteiger charge is 2.15. The molecule has 0 bridgehead atoms. The van der Waals surface area contributed by atoms with Crippen molar-refractivity contribution in [3.63, 3.8) is 0 Å². The van der Waals surface area contributed by atoms with E-state index in [9.17, 15) is 14.7 Å². The molecule has 1 heterocycles. The summed E-state index contributed by atoms with van der Waals surface area (Å²) in [5.41, 5.74) is 1.13. The van der Waals surface area contributed by atoms with Crippen molar-refractivity contribution >= 4 is 16.9 Å². The van der Waals surface area contributed by atoms with Crippen LogP contribution in [0, 0.1) is 6.92 Å². The summed E-state index contributed by atoms with van der Waals surface area (Å²) in [6.45, 7) is 1.80. The summed E-state index contributed by atoms with van der Waals surface area (Å²) in [7, 11) is 0. The van der Waals surface area contributed by atoms with Crippen LogP contribution in [-0.2, 0) is 4.79 Å². The van der Waals surface area contributed by atoms with Gasteiger partial charge in [0.25, 0.3) is 0 Å². The van der Waals surface area contributed by atoms with Gasteiger partial charge in [-0.2, -0.15) is 0 Å². The van der Waals surface area contributed by atoms with Crippen LogP contribution < -0.4 is 15.5 Å². The van der Waals surface area contributed by atoms with E-state index in [0.717, 1.165) is 10.9 Å². The van der Waals surface area contributed by atoms with E-state index in [0.29, 0.717) is 11.1 Å². The molecule has 0 aliphatic heterocycles. The number of hydrogen-bond acceptors (Lipinski definition) is 5. The van der Waals surface area contributed by atoms with Crippen molar-refractivity contribution in [2.24, 2.45) is 0 Å². The maximum atomic E-state index is 11.5. The van der Waals surface area contributed by atoms with Gasteiger partial charge in [-0.25, -0.2) is 4.79 Å². The molecule has 3 aromatic rings. The molecule has 0 saturated heterocycles. The van der Waals surface area contributed by atoms with Gasteiger partial charge in [0, 0.05) is 17.5 Å². The van der Waals surface area contributed by atoms with E-state index >= 15 is 0 Å². The first-order valence-corrected chi connectivity index (χ1v) is 7.01. The van der Waals surface area contributed by atoms with Crippen LogP contribution in [0.1, 0.15) is 17.2 Å². The van der Waals surface area contributed by atoms with Gasteiger partial charge in [0.15, 0.2) is 6.10 Å². The van der Waals surface area contributed by atoms with E-state index < -0.39 is 17.7 Å². The first-order chi connectivity index (χ1) is 11.0. The van der Waals surface area contributed by atoms with Crippen molar-refractivity contribution in [1.82, 2.24) is 0 Å². The third-order valence-electron chi connectivity index (χ3n) is 3.49. The fourth-order valence-corrected chi connectivity index (χ4v) is 2.39. The van der Waals surface area contributed by atoms with E-state index in [1.54, 1.807) is 49.4 Å². The molecular weight excluding hydrogens is 296 g/mol. The van der Waals surface area contributed by atoms with Gasteiger partial charge in [0.1, 0.15) is 11.3 Å². The Bertz CT molecular complexity index is 912. The highest BCUT2D eigenvalue weighted by atomic mass is 16.5. The molecule has 0 spiro atoms. The van der Waals surface area contributed by atoms with Crippen LogP contribution in [0.25, 0.3) is 11.0 Å². The molecule has 1 aromatic heterocycles. The Labute approximate surface area is 131 Å². The first kappa shape index (κ1) is 14.8. The van der Waals surface area contributed by atoms with Crippen molar-refractivity contribution in [2.45, 2.75) is 13.0 Å². The lowest BCUT2D eigenvalue weighted by Gasteiger charge is -2.20. The minimum Gasteiger partial charge on any atom is -0.546 e. The van der Waals surface area contributed by atoms with Crippen molar-refractivity contribution in [1.29, 1.82) is 0 Å². The van der Waals surface area contributed by atoms with E-state index in [4.69, 9.17) is 9.15 Å². The highest BCUT2D eigenvalue weighted by molar-refractivity contribution is 5.81. The van der Waals surface area contributed by atoms with E-state index in [1.807, 2.05) is 0 Å². The smallest absolute Gasteiger partial charge is 0.336 e. The summed E-state index contributed by atoms with van der Waals surface area (Å²) < 4.78 is 10.7.